The quantitative estimate of drug-likeness (QED) is 0.709. The van der Waals surface area contributed by atoms with E-state index in [0.717, 1.165) is 4.31 Å². The van der Waals surface area contributed by atoms with E-state index in [4.69, 9.17) is 16.3 Å². The average Bonchev–Trinajstić information content (AvgIpc) is 2.61. The van der Waals surface area contributed by atoms with Crippen LogP contribution < -0.4 is 15.4 Å². The van der Waals surface area contributed by atoms with Gasteiger partial charge in [-0.3, -0.25) is 9.59 Å². The van der Waals surface area contributed by atoms with Crippen molar-refractivity contribution in [2.75, 3.05) is 31.3 Å². The molecule has 8 nitrogen and oxygen atoms in total. The number of likely N-dealkylation sites (N-methyl/N-ethyl adjacent to an activating group) is 1. The third-order valence-corrected chi connectivity index (χ3v) is 5.75. The second kappa shape index (κ2) is 9.05. The minimum atomic E-state index is -3.86. The number of carbonyl (C=O) groups excluding carboxylic acids is 2. The molecule has 0 unspecified atom stereocenters. The number of benzene rings is 2. The second-order valence-corrected chi connectivity index (χ2v) is 8.34. The van der Waals surface area contributed by atoms with Crippen molar-refractivity contribution in [3.63, 3.8) is 0 Å². The average molecular weight is 426 g/mol. The number of methoxy groups -OCH3 is 1. The molecule has 2 aromatic carbocycles. The van der Waals surface area contributed by atoms with Crippen molar-refractivity contribution in [1.82, 2.24) is 4.31 Å². The van der Waals surface area contributed by atoms with Crippen molar-refractivity contribution in [3.05, 3.63) is 47.5 Å². The fourth-order valence-electron chi connectivity index (χ4n) is 2.35. The molecule has 0 atom stereocenters. The number of amides is 2. The zero-order valence-corrected chi connectivity index (χ0v) is 17.1. The Morgan fingerprint density at radius 2 is 1.75 bits per heavy atom. The van der Waals surface area contributed by atoms with Crippen LogP contribution in [0.1, 0.15) is 6.92 Å². The first-order valence-corrected chi connectivity index (χ1v) is 9.92. The molecule has 150 valence electrons. The minimum absolute atomic E-state index is 0.0254. The smallest absolute Gasteiger partial charge is 0.243 e. The number of halogens is 1. The van der Waals surface area contributed by atoms with Gasteiger partial charge in [-0.25, -0.2) is 8.42 Å². The summed E-state index contributed by atoms with van der Waals surface area (Å²) in [5, 5.41) is 5.60. The molecule has 2 amide bonds. The lowest BCUT2D eigenvalue weighted by molar-refractivity contribution is -0.116. The maximum atomic E-state index is 12.6. The molecular formula is C18H20ClN3O5S. The third kappa shape index (κ3) is 5.44. The first kappa shape index (κ1) is 21.7. The Bertz CT molecular complexity index is 977. The zero-order valence-electron chi connectivity index (χ0n) is 15.5. The molecule has 2 aromatic rings. The van der Waals surface area contributed by atoms with E-state index in [9.17, 15) is 18.0 Å². The molecule has 0 fully saturated rings. The fraction of sp³-hybridized carbons (Fsp3) is 0.222. The highest BCUT2D eigenvalue weighted by Crippen LogP contribution is 2.28. The second-order valence-electron chi connectivity index (χ2n) is 5.86. The summed E-state index contributed by atoms with van der Waals surface area (Å²) < 4.78 is 31.2. The maximum Gasteiger partial charge on any atom is 0.243 e. The normalized spacial score (nSPS) is 11.2. The molecule has 0 saturated heterocycles. The number of anilines is 2. The van der Waals surface area contributed by atoms with Crippen molar-refractivity contribution >= 4 is 44.8 Å². The molecule has 0 spiro atoms. The number of nitrogens with zero attached hydrogens (tertiary/aromatic N) is 1. The van der Waals surface area contributed by atoms with Gasteiger partial charge in [0, 0.05) is 24.7 Å². The van der Waals surface area contributed by atoms with E-state index in [2.05, 4.69) is 10.6 Å². The van der Waals surface area contributed by atoms with Gasteiger partial charge in [0.2, 0.25) is 21.8 Å². The lowest BCUT2D eigenvalue weighted by atomic mass is 10.2. The van der Waals surface area contributed by atoms with Gasteiger partial charge in [0.25, 0.3) is 0 Å². The van der Waals surface area contributed by atoms with Crippen LogP contribution in [0.25, 0.3) is 0 Å². The molecule has 0 saturated carbocycles. The summed E-state index contributed by atoms with van der Waals surface area (Å²) >= 11 is 5.78. The van der Waals surface area contributed by atoms with Crippen LogP contribution in [0.5, 0.6) is 5.75 Å². The summed E-state index contributed by atoms with van der Waals surface area (Å²) in [6.45, 7) is 0.942. The van der Waals surface area contributed by atoms with Crippen LogP contribution in [-0.4, -0.2) is 45.2 Å². The van der Waals surface area contributed by atoms with Crippen molar-refractivity contribution in [1.29, 1.82) is 0 Å². The first-order chi connectivity index (χ1) is 13.1. The van der Waals surface area contributed by atoms with Crippen LogP contribution in [-0.2, 0) is 19.6 Å². The summed E-state index contributed by atoms with van der Waals surface area (Å²) in [4.78, 5) is 23.6. The Morgan fingerprint density at radius 3 is 2.32 bits per heavy atom. The molecule has 0 aromatic heterocycles. The van der Waals surface area contributed by atoms with E-state index in [0.29, 0.717) is 22.1 Å². The number of ether oxygens (including phenoxy) is 1. The standard InChI is InChI=1S/C18H20ClN3O5S/c1-12(23)20-14-6-9-17(27-3)16(10-14)21-18(24)11-22(2)28(25,26)15-7-4-13(19)5-8-15/h4-10H,11H2,1-3H3,(H,20,23)(H,21,24). The van der Waals surface area contributed by atoms with Crippen molar-refractivity contribution in [2.45, 2.75) is 11.8 Å². The number of rotatable bonds is 7. The predicted molar refractivity (Wildman–Crippen MR) is 107 cm³/mol. The first-order valence-electron chi connectivity index (χ1n) is 8.11. The van der Waals surface area contributed by atoms with Gasteiger partial charge in [-0.2, -0.15) is 4.31 Å². The lowest BCUT2D eigenvalue weighted by Crippen LogP contribution is -2.35. The van der Waals surface area contributed by atoms with Crippen molar-refractivity contribution in [3.8, 4) is 5.75 Å². The van der Waals surface area contributed by atoms with Gasteiger partial charge in [-0.05, 0) is 42.5 Å². The molecule has 0 aliphatic heterocycles. The Labute approximate surface area is 168 Å². The van der Waals surface area contributed by atoms with Crippen LogP contribution >= 0.6 is 11.6 Å². The molecule has 0 radical (unpaired) electrons. The van der Waals surface area contributed by atoms with Crippen molar-refractivity contribution < 1.29 is 22.7 Å². The summed E-state index contributed by atoms with van der Waals surface area (Å²) in [7, 11) is -1.13. The van der Waals surface area contributed by atoms with Gasteiger partial charge >= 0.3 is 0 Å². The Kier molecular flexibility index (Phi) is 7.00. The third-order valence-electron chi connectivity index (χ3n) is 3.68. The molecule has 28 heavy (non-hydrogen) atoms. The van der Waals surface area contributed by atoms with Gasteiger partial charge < -0.3 is 15.4 Å². The summed E-state index contributed by atoms with van der Waals surface area (Å²) in [6.07, 6.45) is 0. The Balaban J connectivity index is 2.14. The molecule has 2 rings (SSSR count). The van der Waals surface area contributed by atoms with E-state index in [1.165, 1.54) is 51.4 Å². The van der Waals surface area contributed by atoms with E-state index in [1.54, 1.807) is 12.1 Å². The maximum absolute atomic E-state index is 12.6. The predicted octanol–water partition coefficient (Wildman–Crippen LogP) is 2.57. The van der Waals surface area contributed by atoms with Gasteiger partial charge in [-0.15, -0.1) is 0 Å². The minimum Gasteiger partial charge on any atom is -0.495 e. The van der Waals surface area contributed by atoms with E-state index < -0.39 is 22.5 Å². The summed E-state index contributed by atoms with van der Waals surface area (Å²) in [6, 6.07) is 10.4. The summed E-state index contributed by atoms with van der Waals surface area (Å²) in [5.74, 6) is -0.472. The van der Waals surface area contributed by atoms with Crippen LogP contribution in [0, 0.1) is 0 Å². The van der Waals surface area contributed by atoms with Gasteiger partial charge in [-0.1, -0.05) is 11.6 Å². The molecule has 0 heterocycles. The van der Waals surface area contributed by atoms with E-state index in [1.807, 2.05) is 0 Å². The van der Waals surface area contributed by atoms with Crippen LogP contribution in [0.3, 0.4) is 0 Å². The zero-order chi connectivity index (χ0) is 20.9. The monoisotopic (exact) mass is 425 g/mol. The molecule has 0 bridgehead atoms. The SMILES string of the molecule is COc1ccc(NC(C)=O)cc1NC(=O)CN(C)S(=O)(=O)c1ccc(Cl)cc1. The molecule has 0 aliphatic carbocycles. The van der Waals surface area contributed by atoms with E-state index >= 15 is 0 Å². The van der Waals surface area contributed by atoms with Crippen LogP contribution in [0.4, 0.5) is 11.4 Å². The fourth-order valence-corrected chi connectivity index (χ4v) is 3.60. The lowest BCUT2D eigenvalue weighted by Gasteiger charge is -2.18. The van der Waals surface area contributed by atoms with Gasteiger partial charge in [0.1, 0.15) is 5.75 Å². The van der Waals surface area contributed by atoms with E-state index in [-0.39, 0.29) is 10.8 Å². The highest BCUT2D eigenvalue weighted by molar-refractivity contribution is 7.89. The number of nitrogens with one attached hydrogen (secondary N) is 2. The Hall–Kier alpha value is -2.62. The number of sulfonamides is 1. The Morgan fingerprint density at radius 1 is 1.11 bits per heavy atom. The number of carbonyl (C=O) groups is 2. The molecular weight excluding hydrogens is 406 g/mol. The number of hydrogen-bond donors (Lipinski definition) is 2. The van der Waals surface area contributed by atoms with Crippen LogP contribution in [0.15, 0.2) is 47.4 Å². The van der Waals surface area contributed by atoms with Gasteiger partial charge in [0.05, 0.1) is 24.2 Å². The summed E-state index contributed by atoms with van der Waals surface area (Å²) in [5.41, 5.74) is 0.766. The highest BCUT2D eigenvalue weighted by Gasteiger charge is 2.23. The molecule has 0 aliphatic rings. The highest BCUT2D eigenvalue weighted by atomic mass is 35.5. The topological polar surface area (TPSA) is 105 Å². The molecule has 10 heteroatoms. The number of hydrogen-bond acceptors (Lipinski definition) is 5. The van der Waals surface area contributed by atoms with Crippen LogP contribution in [0.2, 0.25) is 5.02 Å². The van der Waals surface area contributed by atoms with Gasteiger partial charge in [0.15, 0.2) is 0 Å². The van der Waals surface area contributed by atoms with Crippen molar-refractivity contribution in [2.24, 2.45) is 0 Å². The largest absolute Gasteiger partial charge is 0.495 e. The molecule has 2 N–H and O–H groups in total.